The third-order valence-corrected chi connectivity index (χ3v) is 4.68. The minimum Gasteiger partial charge on any atom is -0.322 e. The van der Waals surface area contributed by atoms with Crippen molar-refractivity contribution in [1.82, 2.24) is 9.78 Å². The number of carbonyl (C=O) groups is 1. The number of carbonyl (C=O) groups excluding carboxylic acids is 1. The molecule has 0 spiro atoms. The first-order valence-corrected chi connectivity index (χ1v) is 8.74. The molecule has 3 rings (SSSR count). The number of halogens is 1. The van der Waals surface area contributed by atoms with Crippen LogP contribution >= 0.6 is 0 Å². The number of rotatable bonds is 4. The number of nitrogens with one attached hydrogen (secondary N) is 1. The van der Waals surface area contributed by atoms with Crippen molar-refractivity contribution in [3.05, 3.63) is 82.4 Å². The molecule has 4 nitrogen and oxygen atoms in total. The molecule has 0 bridgehead atoms. The second kappa shape index (κ2) is 7.58. The number of hydrogen-bond acceptors (Lipinski definition) is 2. The zero-order chi connectivity index (χ0) is 19.6. The van der Waals surface area contributed by atoms with Gasteiger partial charge >= 0.3 is 0 Å². The molecule has 0 unspecified atom stereocenters. The summed E-state index contributed by atoms with van der Waals surface area (Å²) in [7, 11) is 0. The van der Waals surface area contributed by atoms with Crippen molar-refractivity contribution in [3.63, 3.8) is 0 Å². The number of anilines is 1. The van der Waals surface area contributed by atoms with Crippen LogP contribution in [0.4, 0.5) is 10.1 Å². The van der Waals surface area contributed by atoms with Gasteiger partial charge in [-0.25, -0.2) is 9.07 Å². The Morgan fingerprint density at radius 2 is 1.78 bits per heavy atom. The van der Waals surface area contributed by atoms with Crippen LogP contribution in [0.1, 0.15) is 28.1 Å². The van der Waals surface area contributed by atoms with Crippen molar-refractivity contribution in [2.75, 3.05) is 5.32 Å². The van der Waals surface area contributed by atoms with Gasteiger partial charge in [-0.2, -0.15) is 5.10 Å². The van der Waals surface area contributed by atoms with E-state index in [4.69, 9.17) is 0 Å². The maximum absolute atomic E-state index is 13.1. The summed E-state index contributed by atoms with van der Waals surface area (Å²) in [6.07, 6.45) is 3.27. The minimum atomic E-state index is -0.288. The second-order valence-electron chi connectivity index (χ2n) is 6.54. The van der Waals surface area contributed by atoms with Crippen LogP contribution in [-0.2, 0) is 4.79 Å². The molecule has 0 saturated heterocycles. The van der Waals surface area contributed by atoms with Gasteiger partial charge < -0.3 is 5.32 Å². The monoisotopic (exact) mass is 363 g/mol. The van der Waals surface area contributed by atoms with E-state index < -0.39 is 0 Å². The highest BCUT2D eigenvalue weighted by atomic mass is 19.1. The van der Waals surface area contributed by atoms with Gasteiger partial charge in [0, 0.05) is 23.0 Å². The van der Waals surface area contributed by atoms with Crippen LogP contribution in [0.3, 0.4) is 0 Å². The summed E-state index contributed by atoms with van der Waals surface area (Å²) >= 11 is 0. The lowest BCUT2D eigenvalue weighted by atomic mass is 10.1. The average Bonchev–Trinajstić information content (AvgIpc) is 2.92. The molecule has 0 aliphatic carbocycles. The first-order valence-electron chi connectivity index (χ1n) is 8.74. The highest BCUT2D eigenvalue weighted by molar-refractivity contribution is 6.02. The lowest BCUT2D eigenvalue weighted by molar-refractivity contribution is -0.111. The topological polar surface area (TPSA) is 46.9 Å². The summed E-state index contributed by atoms with van der Waals surface area (Å²) in [6.45, 7) is 7.80. The SMILES string of the molecule is Cc1cccc(NC(=O)/C=C/c2c(C)nn(-c3ccc(F)cc3)c2C)c1C. The number of benzene rings is 2. The van der Waals surface area contributed by atoms with E-state index in [1.54, 1.807) is 22.9 Å². The van der Waals surface area contributed by atoms with Gasteiger partial charge in [0.2, 0.25) is 5.91 Å². The van der Waals surface area contributed by atoms with E-state index in [1.807, 2.05) is 45.9 Å². The molecule has 1 heterocycles. The van der Waals surface area contributed by atoms with Crippen LogP contribution in [0.5, 0.6) is 0 Å². The fourth-order valence-electron chi connectivity index (χ4n) is 2.95. The molecular weight excluding hydrogens is 341 g/mol. The molecule has 0 atom stereocenters. The maximum Gasteiger partial charge on any atom is 0.248 e. The van der Waals surface area contributed by atoms with Crippen LogP contribution < -0.4 is 5.32 Å². The van der Waals surface area contributed by atoms with Crippen LogP contribution in [0.2, 0.25) is 0 Å². The molecule has 0 radical (unpaired) electrons. The quantitative estimate of drug-likeness (QED) is 0.671. The Balaban J connectivity index is 1.82. The molecule has 5 heteroatoms. The van der Waals surface area contributed by atoms with E-state index in [1.165, 1.54) is 18.2 Å². The molecule has 27 heavy (non-hydrogen) atoms. The Hall–Kier alpha value is -3.21. The Kier molecular flexibility index (Phi) is 5.21. The molecule has 2 aromatic carbocycles. The van der Waals surface area contributed by atoms with Gasteiger partial charge in [-0.3, -0.25) is 4.79 Å². The normalized spacial score (nSPS) is 11.1. The summed E-state index contributed by atoms with van der Waals surface area (Å²) in [5, 5.41) is 7.42. The van der Waals surface area contributed by atoms with Gasteiger partial charge in [-0.1, -0.05) is 12.1 Å². The van der Waals surface area contributed by atoms with Crippen molar-refractivity contribution in [3.8, 4) is 5.69 Å². The predicted molar refractivity (Wildman–Crippen MR) is 107 cm³/mol. The Labute approximate surface area is 158 Å². The first kappa shape index (κ1) is 18.6. The largest absolute Gasteiger partial charge is 0.322 e. The molecule has 0 fully saturated rings. The Morgan fingerprint density at radius 3 is 2.48 bits per heavy atom. The van der Waals surface area contributed by atoms with Crippen molar-refractivity contribution in [1.29, 1.82) is 0 Å². The molecule has 0 saturated carbocycles. The van der Waals surface area contributed by atoms with Crippen LogP contribution in [-0.4, -0.2) is 15.7 Å². The number of aryl methyl sites for hydroxylation is 2. The molecular formula is C22H22FN3O. The van der Waals surface area contributed by atoms with Crippen LogP contribution in [0, 0.1) is 33.5 Å². The van der Waals surface area contributed by atoms with E-state index in [9.17, 15) is 9.18 Å². The molecule has 1 N–H and O–H groups in total. The predicted octanol–water partition coefficient (Wildman–Crippen LogP) is 4.90. The minimum absolute atomic E-state index is 0.197. The van der Waals surface area contributed by atoms with E-state index >= 15 is 0 Å². The Morgan fingerprint density at radius 1 is 1.07 bits per heavy atom. The van der Waals surface area contributed by atoms with Gasteiger partial charge in [0.25, 0.3) is 0 Å². The third-order valence-electron chi connectivity index (χ3n) is 4.68. The zero-order valence-electron chi connectivity index (χ0n) is 15.9. The van der Waals surface area contributed by atoms with Gasteiger partial charge in [-0.15, -0.1) is 0 Å². The molecule has 0 aliphatic heterocycles. The van der Waals surface area contributed by atoms with Crippen LogP contribution in [0.25, 0.3) is 11.8 Å². The summed E-state index contributed by atoms with van der Waals surface area (Å²) in [5.74, 6) is -0.486. The van der Waals surface area contributed by atoms with Gasteiger partial charge in [0.15, 0.2) is 0 Å². The number of hydrogen-bond donors (Lipinski definition) is 1. The number of amides is 1. The smallest absolute Gasteiger partial charge is 0.248 e. The highest BCUT2D eigenvalue weighted by Crippen LogP contribution is 2.21. The van der Waals surface area contributed by atoms with Crippen LogP contribution in [0.15, 0.2) is 48.5 Å². The molecule has 1 aromatic heterocycles. The first-order chi connectivity index (χ1) is 12.9. The van der Waals surface area contributed by atoms with E-state index in [-0.39, 0.29) is 11.7 Å². The van der Waals surface area contributed by atoms with Gasteiger partial charge in [0.1, 0.15) is 5.82 Å². The molecule has 0 aliphatic rings. The summed E-state index contributed by atoms with van der Waals surface area (Å²) in [4.78, 5) is 12.3. The van der Waals surface area contributed by atoms with E-state index in [0.29, 0.717) is 0 Å². The number of nitrogens with zero attached hydrogens (tertiary/aromatic N) is 2. The second-order valence-corrected chi connectivity index (χ2v) is 6.54. The standard InChI is InChI=1S/C22H22FN3O/c1-14-6-5-7-21(15(14)2)24-22(27)13-12-20-16(3)25-26(17(20)4)19-10-8-18(23)9-11-19/h5-13H,1-4H3,(H,24,27)/b13-12+. The van der Waals surface area contributed by atoms with Gasteiger partial charge in [0.05, 0.1) is 11.4 Å². The molecule has 138 valence electrons. The summed E-state index contributed by atoms with van der Waals surface area (Å²) in [5.41, 5.74) is 6.31. The van der Waals surface area contributed by atoms with E-state index in [0.717, 1.165) is 39.5 Å². The third kappa shape index (κ3) is 3.97. The fraction of sp³-hybridized carbons (Fsp3) is 0.182. The summed E-state index contributed by atoms with van der Waals surface area (Å²) in [6, 6.07) is 12.0. The fourth-order valence-corrected chi connectivity index (χ4v) is 2.95. The Bertz CT molecular complexity index is 1020. The van der Waals surface area contributed by atoms with Crippen molar-refractivity contribution < 1.29 is 9.18 Å². The summed E-state index contributed by atoms with van der Waals surface area (Å²) < 4.78 is 14.9. The van der Waals surface area contributed by atoms with Gasteiger partial charge in [-0.05, 0) is 75.2 Å². The van der Waals surface area contributed by atoms with E-state index in [2.05, 4.69) is 10.4 Å². The average molecular weight is 363 g/mol. The van der Waals surface area contributed by atoms with Crippen molar-refractivity contribution in [2.45, 2.75) is 27.7 Å². The lowest BCUT2D eigenvalue weighted by Gasteiger charge is -2.08. The van der Waals surface area contributed by atoms with Crippen molar-refractivity contribution >= 4 is 17.7 Å². The number of aromatic nitrogens is 2. The maximum atomic E-state index is 13.1. The zero-order valence-corrected chi connectivity index (χ0v) is 15.9. The highest BCUT2D eigenvalue weighted by Gasteiger charge is 2.11. The molecule has 3 aromatic rings. The molecule has 1 amide bonds. The van der Waals surface area contributed by atoms with Crippen molar-refractivity contribution in [2.24, 2.45) is 0 Å². The lowest BCUT2D eigenvalue weighted by Crippen LogP contribution is -2.09.